The number of nitrogens with zero attached hydrogens (tertiary/aromatic N) is 1. The van der Waals surface area contributed by atoms with E-state index in [0.29, 0.717) is 38.7 Å². The number of benzene rings is 1. The van der Waals surface area contributed by atoms with E-state index >= 15 is 0 Å². The van der Waals surface area contributed by atoms with Gasteiger partial charge < -0.3 is 20.7 Å². The Morgan fingerprint density at radius 3 is 2.74 bits per heavy atom. The van der Waals surface area contributed by atoms with Crippen molar-refractivity contribution in [2.75, 3.05) is 38.7 Å². The highest BCUT2D eigenvalue weighted by Crippen LogP contribution is 2.20. The van der Waals surface area contributed by atoms with Gasteiger partial charge in [0.2, 0.25) is 5.91 Å². The van der Waals surface area contributed by atoms with Crippen LogP contribution in [0, 0.1) is 6.92 Å². The van der Waals surface area contributed by atoms with Gasteiger partial charge in [-0.05, 0) is 31.5 Å². The van der Waals surface area contributed by atoms with Crippen molar-refractivity contribution < 1.29 is 9.53 Å². The van der Waals surface area contributed by atoms with Crippen LogP contribution < -0.4 is 16.0 Å². The van der Waals surface area contributed by atoms with E-state index in [9.17, 15) is 4.79 Å². The van der Waals surface area contributed by atoms with Gasteiger partial charge >= 0.3 is 0 Å². The maximum atomic E-state index is 12.0. The molecule has 0 aliphatic carbocycles. The summed E-state index contributed by atoms with van der Waals surface area (Å²) in [7, 11) is 1.70. The predicted molar refractivity (Wildman–Crippen MR) is 98.0 cm³/mol. The minimum atomic E-state index is -0.0385. The van der Waals surface area contributed by atoms with E-state index in [2.05, 4.69) is 36.9 Å². The summed E-state index contributed by atoms with van der Waals surface area (Å²) in [6.45, 7) is 6.43. The third-order valence-corrected chi connectivity index (χ3v) is 3.58. The van der Waals surface area contributed by atoms with Crippen LogP contribution in [0.15, 0.2) is 27.7 Å². The number of ether oxygens (including phenoxy) is 1. The number of nitrogens with one attached hydrogen (secondary N) is 3. The Bertz CT molecular complexity index is 535. The smallest absolute Gasteiger partial charge is 0.226 e. The number of guanidine groups is 1. The fourth-order valence-electron chi connectivity index (χ4n) is 1.84. The van der Waals surface area contributed by atoms with E-state index in [1.54, 1.807) is 7.05 Å². The predicted octanol–water partition coefficient (Wildman–Crippen LogP) is 2.29. The summed E-state index contributed by atoms with van der Waals surface area (Å²) < 4.78 is 6.19. The molecule has 3 N–H and O–H groups in total. The van der Waals surface area contributed by atoms with Crippen LogP contribution in [0.3, 0.4) is 0 Å². The summed E-state index contributed by atoms with van der Waals surface area (Å²) in [5.41, 5.74) is 1.85. The molecule has 0 fully saturated rings. The van der Waals surface area contributed by atoms with Crippen LogP contribution in [-0.2, 0) is 9.53 Å². The molecule has 0 radical (unpaired) electrons. The standard InChI is InChI=1S/C16H25BrN4O2/c1-4-23-10-9-20-16(18-3)19-8-7-15(22)21-14-11-13(17)6-5-12(14)2/h5-6,11H,4,7-10H2,1-3H3,(H,21,22)(H2,18,19,20). The average molecular weight is 385 g/mol. The van der Waals surface area contributed by atoms with Crippen LogP contribution in [-0.4, -0.2) is 45.2 Å². The molecule has 1 amide bonds. The lowest BCUT2D eigenvalue weighted by atomic mass is 10.2. The van der Waals surface area contributed by atoms with Crippen molar-refractivity contribution in [1.29, 1.82) is 0 Å². The zero-order valence-corrected chi connectivity index (χ0v) is 15.5. The van der Waals surface area contributed by atoms with Crippen molar-refractivity contribution in [2.24, 2.45) is 4.99 Å². The van der Waals surface area contributed by atoms with Gasteiger partial charge in [0.15, 0.2) is 5.96 Å². The number of hydrogen-bond acceptors (Lipinski definition) is 3. The molecule has 7 heteroatoms. The third-order valence-electron chi connectivity index (χ3n) is 3.08. The fourth-order valence-corrected chi connectivity index (χ4v) is 2.20. The van der Waals surface area contributed by atoms with E-state index in [4.69, 9.17) is 4.74 Å². The summed E-state index contributed by atoms with van der Waals surface area (Å²) in [4.78, 5) is 16.1. The Labute approximate surface area is 146 Å². The van der Waals surface area contributed by atoms with E-state index in [1.165, 1.54) is 0 Å². The van der Waals surface area contributed by atoms with Gasteiger partial charge in [-0.3, -0.25) is 9.79 Å². The van der Waals surface area contributed by atoms with Gasteiger partial charge in [-0.15, -0.1) is 0 Å². The molecule has 0 bridgehead atoms. The second kappa shape index (κ2) is 11.0. The summed E-state index contributed by atoms with van der Waals surface area (Å²) in [5.74, 6) is 0.625. The molecular formula is C16H25BrN4O2. The lowest BCUT2D eigenvalue weighted by molar-refractivity contribution is -0.116. The van der Waals surface area contributed by atoms with E-state index in [0.717, 1.165) is 15.7 Å². The molecule has 0 saturated heterocycles. The number of aryl methyl sites for hydroxylation is 1. The molecule has 1 aromatic carbocycles. The van der Waals surface area contributed by atoms with Gasteiger partial charge in [0.05, 0.1) is 6.61 Å². The number of carbonyl (C=O) groups excluding carboxylic acids is 1. The first kappa shape index (κ1) is 19.4. The van der Waals surface area contributed by atoms with Crippen molar-refractivity contribution in [3.8, 4) is 0 Å². The maximum Gasteiger partial charge on any atom is 0.226 e. The number of anilines is 1. The number of aliphatic imine (C=N–C) groups is 1. The normalized spacial score (nSPS) is 11.2. The highest BCUT2D eigenvalue weighted by atomic mass is 79.9. The topological polar surface area (TPSA) is 74.8 Å². The first-order valence-corrected chi connectivity index (χ1v) is 8.44. The van der Waals surface area contributed by atoms with Crippen molar-refractivity contribution in [1.82, 2.24) is 10.6 Å². The third kappa shape index (κ3) is 7.99. The summed E-state index contributed by atoms with van der Waals surface area (Å²) >= 11 is 3.40. The number of rotatable bonds is 8. The minimum absolute atomic E-state index is 0.0385. The van der Waals surface area contributed by atoms with Crippen LogP contribution in [0.25, 0.3) is 0 Å². The molecule has 0 spiro atoms. The number of amides is 1. The molecule has 0 atom stereocenters. The molecule has 0 heterocycles. The second-order valence-corrected chi connectivity index (χ2v) is 5.80. The number of carbonyl (C=O) groups is 1. The highest BCUT2D eigenvalue weighted by Gasteiger charge is 2.06. The molecule has 23 heavy (non-hydrogen) atoms. The Kier molecular flexibility index (Phi) is 9.31. The average Bonchev–Trinajstić information content (AvgIpc) is 2.53. The van der Waals surface area contributed by atoms with Crippen LogP contribution in [0.2, 0.25) is 0 Å². The molecule has 6 nitrogen and oxygen atoms in total. The van der Waals surface area contributed by atoms with Gasteiger partial charge in [0.1, 0.15) is 0 Å². The number of hydrogen-bond donors (Lipinski definition) is 3. The lowest BCUT2D eigenvalue weighted by Gasteiger charge is -2.12. The van der Waals surface area contributed by atoms with Gasteiger partial charge in [0.25, 0.3) is 0 Å². The van der Waals surface area contributed by atoms with Crippen molar-refractivity contribution in [2.45, 2.75) is 20.3 Å². The fraction of sp³-hybridized carbons (Fsp3) is 0.500. The van der Waals surface area contributed by atoms with E-state index in [-0.39, 0.29) is 5.91 Å². The van der Waals surface area contributed by atoms with Crippen molar-refractivity contribution in [3.63, 3.8) is 0 Å². The SMILES string of the molecule is CCOCCNC(=NC)NCCC(=O)Nc1cc(Br)ccc1C. The Hall–Kier alpha value is -1.60. The van der Waals surface area contributed by atoms with Crippen LogP contribution in [0.5, 0.6) is 0 Å². The first-order valence-electron chi connectivity index (χ1n) is 7.65. The number of halogens is 1. The molecule has 0 aliphatic heterocycles. The van der Waals surface area contributed by atoms with Gasteiger partial charge in [-0.2, -0.15) is 0 Å². The maximum absolute atomic E-state index is 12.0. The Morgan fingerprint density at radius 1 is 1.30 bits per heavy atom. The summed E-state index contributed by atoms with van der Waals surface area (Å²) in [5, 5.41) is 9.14. The lowest BCUT2D eigenvalue weighted by Crippen LogP contribution is -2.40. The minimum Gasteiger partial charge on any atom is -0.380 e. The molecule has 0 unspecified atom stereocenters. The monoisotopic (exact) mass is 384 g/mol. The molecule has 1 aromatic rings. The highest BCUT2D eigenvalue weighted by molar-refractivity contribution is 9.10. The summed E-state index contributed by atoms with van der Waals surface area (Å²) in [6, 6.07) is 5.81. The quantitative estimate of drug-likeness (QED) is 0.365. The molecule has 128 valence electrons. The zero-order chi connectivity index (χ0) is 17.1. The van der Waals surface area contributed by atoms with Gasteiger partial charge in [-0.25, -0.2) is 0 Å². The van der Waals surface area contributed by atoms with E-state index in [1.807, 2.05) is 32.0 Å². The first-order chi connectivity index (χ1) is 11.1. The Balaban J connectivity index is 2.31. The van der Waals surface area contributed by atoms with Crippen molar-refractivity contribution >= 4 is 33.5 Å². The summed E-state index contributed by atoms with van der Waals surface area (Å²) in [6.07, 6.45) is 0.359. The second-order valence-electron chi connectivity index (χ2n) is 4.88. The van der Waals surface area contributed by atoms with Crippen molar-refractivity contribution in [3.05, 3.63) is 28.2 Å². The van der Waals surface area contributed by atoms with Crippen LogP contribution >= 0.6 is 15.9 Å². The molecule has 0 aromatic heterocycles. The van der Waals surface area contributed by atoms with Crippen LogP contribution in [0.1, 0.15) is 18.9 Å². The van der Waals surface area contributed by atoms with Gasteiger partial charge in [0, 0.05) is 43.3 Å². The van der Waals surface area contributed by atoms with Gasteiger partial charge in [-0.1, -0.05) is 22.0 Å². The largest absolute Gasteiger partial charge is 0.380 e. The van der Waals surface area contributed by atoms with E-state index < -0.39 is 0 Å². The molecule has 1 rings (SSSR count). The van der Waals surface area contributed by atoms with Crippen LogP contribution in [0.4, 0.5) is 5.69 Å². The zero-order valence-electron chi connectivity index (χ0n) is 13.9. The Morgan fingerprint density at radius 2 is 2.04 bits per heavy atom. The molecular weight excluding hydrogens is 360 g/mol. The molecule has 0 saturated carbocycles. The molecule has 0 aliphatic rings.